The normalized spacial score (nSPS) is 10.1. The highest BCUT2D eigenvalue weighted by Gasteiger charge is 2.03. The Morgan fingerprint density at radius 1 is 1.11 bits per heavy atom. The monoisotopic (exact) mass is 243 g/mol. The summed E-state index contributed by atoms with van der Waals surface area (Å²) < 4.78 is 0. The van der Waals surface area contributed by atoms with Gasteiger partial charge in [0.2, 0.25) is 0 Å². The van der Waals surface area contributed by atoms with Crippen LogP contribution in [0.1, 0.15) is 19.2 Å². The second-order valence-electron chi connectivity index (χ2n) is 3.94. The lowest BCUT2D eigenvalue weighted by Gasteiger charge is -2.09. The van der Waals surface area contributed by atoms with Gasteiger partial charge in [0.1, 0.15) is 17.5 Å². The smallest absolute Gasteiger partial charge is 0.145 e. The number of aromatic nitrogens is 2. The first-order valence-electron chi connectivity index (χ1n) is 5.98. The van der Waals surface area contributed by atoms with E-state index in [0.717, 1.165) is 30.2 Å². The number of nitrogen functional groups attached to an aromatic ring is 1. The Bertz CT molecular complexity index is 498. The highest BCUT2D eigenvalue weighted by atomic mass is 15.3. The fourth-order valence-electron chi connectivity index (χ4n) is 1.64. The molecule has 0 fully saturated rings. The molecule has 2 aromatic rings. The van der Waals surface area contributed by atoms with Crippen molar-refractivity contribution in [1.82, 2.24) is 9.97 Å². The first-order chi connectivity index (χ1) is 8.81. The summed E-state index contributed by atoms with van der Waals surface area (Å²) in [7, 11) is 0. The van der Waals surface area contributed by atoms with Crippen molar-refractivity contribution < 1.29 is 0 Å². The number of benzene rings is 1. The number of aryl methyl sites for hydroxylation is 1. The van der Waals surface area contributed by atoms with Gasteiger partial charge in [-0.05, 0) is 18.6 Å². The Hall–Kier alpha value is -2.14. The molecule has 2 rings (SSSR count). The van der Waals surface area contributed by atoms with Gasteiger partial charge in [-0.25, -0.2) is 15.8 Å². The number of nitrogens with two attached hydrogens (primary N) is 1. The third-order valence-electron chi connectivity index (χ3n) is 2.44. The van der Waals surface area contributed by atoms with E-state index in [1.807, 2.05) is 30.3 Å². The van der Waals surface area contributed by atoms with Crippen molar-refractivity contribution in [3.63, 3.8) is 0 Å². The summed E-state index contributed by atoms with van der Waals surface area (Å²) in [6.07, 6.45) is 1.83. The molecule has 0 spiro atoms. The van der Waals surface area contributed by atoms with Gasteiger partial charge in [0.15, 0.2) is 0 Å². The molecule has 1 aromatic carbocycles. The van der Waals surface area contributed by atoms with Gasteiger partial charge < -0.3 is 10.7 Å². The summed E-state index contributed by atoms with van der Waals surface area (Å²) in [5, 5.41) is 3.23. The molecule has 0 unspecified atom stereocenters. The number of rotatable bonds is 5. The summed E-state index contributed by atoms with van der Waals surface area (Å²) in [4.78, 5) is 8.74. The lowest BCUT2D eigenvalue weighted by atomic mass is 10.3. The molecule has 0 atom stereocenters. The minimum Gasteiger partial charge on any atom is -0.340 e. The van der Waals surface area contributed by atoms with Gasteiger partial charge in [0.25, 0.3) is 0 Å². The lowest BCUT2D eigenvalue weighted by molar-refractivity contribution is 0.837. The Kier molecular flexibility index (Phi) is 4.09. The molecular formula is C13H17N5. The van der Waals surface area contributed by atoms with Crippen LogP contribution >= 0.6 is 0 Å². The van der Waals surface area contributed by atoms with E-state index in [4.69, 9.17) is 5.84 Å². The molecule has 0 aliphatic rings. The molecule has 18 heavy (non-hydrogen) atoms. The zero-order valence-electron chi connectivity index (χ0n) is 10.4. The maximum absolute atomic E-state index is 5.41. The molecule has 5 nitrogen and oxygen atoms in total. The van der Waals surface area contributed by atoms with Crippen LogP contribution in [0.25, 0.3) is 0 Å². The van der Waals surface area contributed by atoms with Crippen LogP contribution < -0.4 is 16.6 Å². The van der Waals surface area contributed by atoms with E-state index >= 15 is 0 Å². The SMILES string of the molecule is CCCc1nc(NN)cc(Nc2ccccc2)n1. The number of nitrogens with one attached hydrogen (secondary N) is 2. The van der Waals surface area contributed by atoms with Crippen molar-refractivity contribution in [2.24, 2.45) is 5.84 Å². The summed E-state index contributed by atoms with van der Waals surface area (Å²) >= 11 is 0. The van der Waals surface area contributed by atoms with Gasteiger partial charge in [-0.15, -0.1) is 0 Å². The molecule has 0 amide bonds. The predicted octanol–water partition coefficient (Wildman–Crippen LogP) is 2.46. The van der Waals surface area contributed by atoms with Crippen LogP contribution in [0.4, 0.5) is 17.3 Å². The fourth-order valence-corrected chi connectivity index (χ4v) is 1.64. The van der Waals surface area contributed by atoms with Crippen LogP contribution in [0.2, 0.25) is 0 Å². The van der Waals surface area contributed by atoms with Crippen LogP contribution in [0.15, 0.2) is 36.4 Å². The van der Waals surface area contributed by atoms with Crippen molar-refractivity contribution in [3.8, 4) is 0 Å². The second kappa shape index (κ2) is 5.97. The van der Waals surface area contributed by atoms with Gasteiger partial charge in [-0.1, -0.05) is 25.1 Å². The Morgan fingerprint density at radius 3 is 2.50 bits per heavy atom. The van der Waals surface area contributed by atoms with E-state index in [1.165, 1.54) is 0 Å². The van der Waals surface area contributed by atoms with E-state index in [0.29, 0.717) is 5.82 Å². The van der Waals surface area contributed by atoms with Crippen molar-refractivity contribution in [1.29, 1.82) is 0 Å². The van der Waals surface area contributed by atoms with Gasteiger partial charge in [0.05, 0.1) is 0 Å². The molecule has 0 saturated heterocycles. The standard InChI is InChI=1S/C13H17N5/c1-2-6-11-16-12(9-13(17-11)18-14)15-10-7-4-3-5-8-10/h3-5,7-9H,2,6,14H2,1H3,(H2,15,16,17,18). The number of anilines is 3. The van der Waals surface area contributed by atoms with E-state index < -0.39 is 0 Å². The Morgan fingerprint density at radius 2 is 1.83 bits per heavy atom. The maximum Gasteiger partial charge on any atom is 0.145 e. The molecule has 5 heteroatoms. The summed E-state index contributed by atoms with van der Waals surface area (Å²) in [5.41, 5.74) is 3.55. The second-order valence-corrected chi connectivity index (χ2v) is 3.94. The summed E-state index contributed by atoms with van der Waals surface area (Å²) in [5.74, 6) is 7.55. The highest BCUT2D eigenvalue weighted by Crippen LogP contribution is 2.17. The summed E-state index contributed by atoms with van der Waals surface area (Å²) in [6.45, 7) is 2.09. The molecule has 0 bridgehead atoms. The quantitative estimate of drug-likeness (QED) is 0.555. The van der Waals surface area contributed by atoms with Gasteiger partial charge >= 0.3 is 0 Å². The van der Waals surface area contributed by atoms with Gasteiger partial charge in [-0.2, -0.15) is 0 Å². The molecule has 1 aromatic heterocycles. The third-order valence-corrected chi connectivity index (χ3v) is 2.44. The molecule has 0 aliphatic carbocycles. The number of hydrazine groups is 1. The van der Waals surface area contributed by atoms with Crippen molar-refractivity contribution in [2.75, 3.05) is 10.7 Å². The number of hydrogen-bond acceptors (Lipinski definition) is 5. The maximum atomic E-state index is 5.41. The van der Waals surface area contributed by atoms with Crippen LogP contribution in [-0.4, -0.2) is 9.97 Å². The molecule has 4 N–H and O–H groups in total. The van der Waals surface area contributed by atoms with E-state index in [9.17, 15) is 0 Å². The zero-order chi connectivity index (χ0) is 12.8. The third kappa shape index (κ3) is 3.18. The number of para-hydroxylation sites is 1. The van der Waals surface area contributed by atoms with Crippen LogP contribution in [-0.2, 0) is 6.42 Å². The summed E-state index contributed by atoms with van der Waals surface area (Å²) in [6, 6.07) is 11.7. The van der Waals surface area contributed by atoms with Gasteiger partial charge in [0, 0.05) is 18.2 Å². The van der Waals surface area contributed by atoms with E-state index in [1.54, 1.807) is 6.07 Å². The predicted molar refractivity (Wildman–Crippen MR) is 73.6 cm³/mol. The average Bonchev–Trinajstić information content (AvgIpc) is 2.40. The fraction of sp³-hybridized carbons (Fsp3) is 0.231. The molecule has 0 aliphatic heterocycles. The van der Waals surface area contributed by atoms with Crippen LogP contribution in [0.3, 0.4) is 0 Å². The first kappa shape index (κ1) is 12.3. The zero-order valence-corrected chi connectivity index (χ0v) is 10.4. The topological polar surface area (TPSA) is 75.9 Å². The molecule has 94 valence electrons. The minimum atomic E-state index is 0.617. The lowest BCUT2D eigenvalue weighted by Crippen LogP contribution is -2.11. The molecular weight excluding hydrogens is 226 g/mol. The van der Waals surface area contributed by atoms with Crippen LogP contribution in [0, 0.1) is 0 Å². The molecule has 0 radical (unpaired) electrons. The van der Waals surface area contributed by atoms with Crippen molar-refractivity contribution in [2.45, 2.75) is 19.8 Å². The largest absolute Gasteiger partial charge is 0.340 e. The molecule has 1 heterocycles. The van der Waals surface area contributed by atoms with E-state index in [-0.39, 0.29) is 0 Å². The van der Waals surface area contributed by atoms with Crippen molar-refractivity contribution in [3.05, 3.63) is 42.2 Å². The van der Waals surface area contributed by atoms with Gasteiger partial charge in [-0.3, -0.25) is 0 Å². The number of nitrogens with zero attached hydrogens (tertiary/aromatic N) is 2. The Labute approximate surface area is 106 Å². The first-order valence-corrected chi connectivity index (χ1v) is 5.98. The Balaban J connectivity index is 2.24. The van der Waals surface area contributed by atoms with Crippen LogP contribution in [0.5, 0.6) is 0 Å². The minimum absolute atomic E-state index is 0.617. The highest BCUT2D eigenvalue weighted by molar-refractivity contribution is 5.58. The van der Waals surface area contributed by atoms with Crippen molar-refractivity contribution >= 4 is 17.3 Å². The molecule has 0 saturated carbocycles. The average molecular weight is 243 g/mol. The number of hydrogen-bond donors (Lipinski definition) is 3. The van der Waals surface area contributed by atoms with E-state index in [2.05, 4.69) is 27.6 Å².